The van der Waals surface area contributed by atoms with Crippen LogP contribution in [-0.2, 0) is 19.1 Å². The van der Waals surface area contributed by atoms with Gasteiger partial charge >= 0.3 is 12.1 Å². The van der Waals surface area contributed by atoms with Gasteiger partial charge in [-0.25, -0.2) is 4.79 Å². The first-order valence-electron chi connectivity index (χ1n) is 12.1. The van der Waals surface area contributed by atoms with E-state index in [1.165, 1.54) is 0 Å². The molecule has 3 N–H and O–H groups in total. The number of carboxylic acid groups (broad SMARTS) is 1. The van der Waals surface area contributed by atoms with Crippen molar-refractivity contribution in [2.45, 2.75) is 44.8 Å². The summed E-state index contributed by atoms with van der Waals surface area (Å²) in [6, 6.07) is 15.4. The number of carboxylic acids is 1. The molecule has 1 aliphatic carbocycles. The predicted octanol–water partition coefficient (Wildman–Crippen LogP) is 3.55. The van der Waals surface area contributed by atoms with Gasteiger partial charge in [-0.05, 0) is 41.0 Å². The second-order valence-electron chi connectivity index (χ2n) is 9.62. The van der Waals surface area contributed by atoms with Crippen molar-refractivity contribution in [3.05, 3.63) is 59.7 Å². The van der Waals surface area contributed by atoms with E-state index in [9.17, 15) is 14.4 Å². The van der Waals surface area contributed by atoms with E-state index in [0.717, 1.165) is 22.3 Å². The number of rotatable bonds is 9. The average molecular weight is 481 g/mol. The van der Waals surface area contributed by atoms with Gasteiger partial charge in [0.15, 0.2) is 0 Å². The Hall–Kier alpha value is -3.39. The van der Waals surface area contributed by atoms with E-state index in [0.29, 0.717) is 12.8 Å². The van der Waals surface area contributed by atoms with Crippen LogP contribution >= 0.6 is 0 Å². The first-order chi connectivity index (χ1) is 16.8. The van der Waals surface area contributed by atoms with Gasteiger partial charge in [-0.2, -0.15) is 0 Å². The van der Waals surface area contributed by atoms with Crippen molar-refractivity contribution in [1.82, 2.24) is 10.6 Å². The summed E-state index contributed by atoms with van der Waals surface area (Å²) in [5, 5.41) is 14.6. The van der Waals surface area contributed by atoms with Crippen molar-refractivity contribution in [3.63, 3.8) is 0 Å². The van der Waals surface area contributed by atoms with Gasteiger partial charge in [0.2, 0.25) is 5.91 Å². The van der Waals surface area contributed by atoms with E-state index in [1.807, 2.05) is 38.1 Å². The number of hydrogen-bond donors (Lipinski definition) is 3. The average Bonchev–Trinajstić information content (AvgIpc) is 3.44. The summed E-state index contributed by atoms with van der Waals surface area (Å²) in [5.41, 5.74) is 4.53. The van der Waals surface area contributed by atoms with Crippen molar-refractivity contribution < 1.29 is 29.0 Å². The van der Waals surface area contributed by atoms with Gasteiger partial charge in [0.25, 0.3) is 0 Å². The molecule has 1 fully saturated rings. The quantitative estimate of drug-likeness (QED) is 0.506. The molecule has 3 atom stereocenters. The molecule has 0 bridgehead atoms. The van der Waals surface area contributed by atoms with Crippen LogP contribution in [0.5, 0.6) is 0 Å². The molecule has 2 aromatic rings. The lowest BCUT2D eigenvalue weighted by Crippen LogP contribution is -2.49. The van der Waals surface area contributed by atoms with Gasteiger partial charge in [-0.1, -0.05) is 62.4 Å². The maximum Gasteiger partial charge on any atom is 0.407 e. The molecular formula is C27H32N2O6. The largest absolute Gasteiger partial charge is 0.481 e. The van der Waals surface area contributed by atoms with Crippen LogP contribution in [0.2, 0.25) is 0 Å². The Balaban J connectivity index is 1.33. The maximum absolute atomic E-state index is 12.8. The van der Waals surface area contributed by atoms with E-state index in [1.54, 1.807) is 0 Å². The lowest BCUT2D eigenvalue weighted by atomic mass is 9.98. The minimum atomic E-state index is -0.895. The molecule has 8 nitrogen and oxygen atoms in total. The van der Waals surface area contributed by atoms with Crippen LogP contribution in [0, 0.1) is 11.8 Å². The molecule has 0 radical (unpaired) electrons. The van der Waals surface area contributed by atoms with E-state index in [4.69, 9.17) is 14.6 Å². The summed E-state index contributed by atoms with van der Waals surface area (Å²) in [6.45, 7) is 4.45. The summed E-state index contributed by atoms with van der Waals surface area (Å²) in [7, 11) is 0. The molecule has 0 unspecified atom stereocenters. The minimum absolute atomic E-state index is 0.0628. The first kappa shape index (κ1) is 24.7. The van der Waals surface area contributed by atoms with Gasteiger partial charge in [0.05, 0.1) is 18.6 Å². The van der Waals surface area contributed by atoms with Crippen molar-refractivity contribution in [3.8, 4) is 11.1 Å². The molecule has 1 aliphatic heterocycles. The monoisotopic (exact) mass is 480 g/mol. The molecule has 0 aromatic heterocycles. The van der Waals surface area contributed by atoms with E-state index >= 15 is 0 Å². The molecule has 2 amide bonds. The molecule has 0 saturated carbocycles. The highest BCUT2D eigenvalue weighted by Crippen LogP contribution is 2.44. The van der Waals surface area contributed by atoms with Gasteiger partial charge in [-0.3, -0.25) is 9.59 Å². The normalized spacial score (nSPS) is 19.6. The Kier molecular flexibility index (Phi) is 7.70. The third-order valence-electron chi connectivity index (χ3n) is 6.59. The standard InChI is InChI=1S/C27H32N2O6/c1-16(2)11-24(25(30)28-13-18-12-17(14-34-18)26(31)32)29-27(33)35-15-23-21-9-5-3-7-19(21)20-8-4-6-10-22(20)23/h3-10,16-18,23-24H,11-15H2,1-2H3,(H,28,30)(H,29,33)(H,31,32)/t17-,18-,24-/m1/s1. The summed E-state index contributed by atoms with van der Waals surface area (Å²) in [4.78, 5) is 36.6. The minimum Gasteiger partial charge on any atom is -0.481 e. The number of aliphatic carboxylic acids is 1. The number of benzene rings is 2. The fourth-order valence-electron chi connectivity index (χ4n) is 4.84. The zero-order valence-electron chi connectivity index (χ0n) is 20.0. The molecule has 2 aliphatic rings. The van der Waals surface area contributed by atoms with Gasteiger partial charge in [0.1, 0.15) is 12.6 Å². The highest BCUT2D eigenvalue weighted by atomic mass is 16.5. The third kappa shape index (κ3) is 5.82. The van der Waals surface area contributed by atoms with E-state index in [2.05, 4.69) is 34.9 Å². The van der Waals surface area contributed by atoms with E-state index < -0.39 is 24.0 Å². The second-order valence-corrected chi connectivity index (χ2v) is 9.62. The van der Waals surface area contributed by atoms with Crippen LogP contribution in [0.15, 0.2) is 48.5 Å². The maximum atomic E-state index is 12.8. The van der Waals surface area contributed by atoms with Crippen LogP contribution in [0.25, 0.3) is 11.1 Å². The number of nitrogens with one attached hydrogen (secondary N) is 2. The molecule has 35 heavy (non-hydrogen) atoms. The Labute approximate surface area is 205 Å². The van der Waals surface area contributed by atoms with Gasteiger partial charge < -0.3 is 25.2 Å². The summed E-state index contributed by atoms with van der Waals surface area (Å²) in [6.07, 6.45) is -0.200. The predicted molar refractivity (Wildman–Crippen MR) is 130 cm³/mol. The molecule has 4 rings (SSSR count). The third-order valence-corrected chi connectivity index (χ3v) is 6.59. The van der Waals surface area contributed by atoms with Crippen LogP contribution in [0.1, 0.15) is 43.7 Å². The fraction of sp³-hybridized carbons (Fsp3) is 0.444. The summed E-state index contributed by atoms with van der Waals surface area (Å²) < 4.78 is 11.1. The Morgan fingerprint density at radius 2 is 1.69 bits per heavy atom. The molecule has 1 saturated heterocycles. The topological polar surface area (TPSA) is 114 Å². The van der Waals surface area contributed by atoms with Crippen molar-refractivity contribution in [2.75, 3.05) is 19.8 Å². The number of carbonyl (C=O) groups is 3. The number of alkyl carbamates (subject to hydrolysis) is 1. The van der Waals surface area contributed by atoms with E-state index in [-0.39, 0.29) is 43.6 Å². The summed E-state index contributed by atoms with van der Waals surface area (Å²) >= 11 is 0. The lowest BCUT2D eigenvalue weighted by molar-refractivity contribution is -0.141. The number of carbonyl (C=O) groups excluding carboxylic acids is 2. The summed E-state index contributed by atoms with van der Waals surface area (Å²) in [5.74, 6) is -1.68. The van der Waals surface area contributed by atoms with Crippen molar-refractivity contribution >= 4 is 18.0 Å². The highest BCUT2D eigenvalue weighted by Gasteiger charge is 2.32. The van der Waals surface area contributed by atoms with Gasteiger partial charge in [-0.15, -0.1) is 0 Å². The number of fused-ring (bicyclic) bond motifs is 3. The number of amides is 2. The van der Waals surface area contributed by atoms with Crippen LogP contribution < -0.4 is 10.6 Å². The molecule has 0 spiro atoms. The first-order valence-corrected chi connectivity index (χ1v) is 12.1. The smallest absolute Gasteiger partial charge is 0.407 e. The zero-order valence-corrected chi connectivity index (χ0v) is 20.0. The lowest BCUT2D eigenvalue weighted by Gasteiger charge is -2.22. The molecular weight excluding hydrogens is 448 g/mol. The SMILES string of the molecule is CC(C)C[C@@H](NC(=O)OCC1c2ccccc2-c2ccccc21)C(=O)NC[C@H]1C[C@@H](C(=O)O)CO1. The fourth-order valence-corrected chi connectivity index (χ4v) is 4.84. The highest BCUT2D eigenvalue weighted by molar-refractivity contribution is 5.85. The Morgan fingerprint density at radius 3 is 2.26 bits per heavy atom. The van der Waals surface area contributed by atoms with Gasteiger partial charge in [0, 0.05) is 12.5 Å². The molecule has 186 valence electrons. The number of hydrogen-bond acceptors (Lipinski definition) is 5. The van der Waals surface area contributed by atoms with Crippen molar-refractivity contribution in [1.29, 1.82) is 0 Å². The van der Waals surface area contributed by atoms with Crippen molar-refractivity contribution in [2.24, 2.45) is 11.8 Å². The van der Waals surface area contributed by atoms with Crippen LogP contribution in [0.4, 0.5) is 4.79 Å². The zero-order chi connectivity index (χ0) is 24.9. The van der Waals surface area contributed by atoms with Crippen LogP contribution in [-0.4, -0.2) is 55.0 Å². The molecule has 1 heterocycles. The van der Waals surface area contributed by atoms with Crippen LogP contribution in [0.3, 0.4) is 0 Å². The molecule has 8 heteroatoms. The Morgan fingerprint density at radius 1 is 1.06 bits per heavy atom. The second kappa shape index (κ2) is 10.9. The number of ether oxygens (including phenoxy) is 2. The molecule has 2 aromatic carbocycles. The Bertz CT molecular complexity index is 1040.